The van der Waals surface area contributed by atoms with Crippen molar-refractivity contribution >= 4 is 0 Å². The summed E-state index contributed by atoms with van der Waals surface area (Å²) in [6.07, 6.45) is 4.73. The topological polar surface area (TPSA) is 46.2 Å². The van der Waals surface area contributed by atoms with Gasteiger partial charge in [-0.2, -0.15) is 0 Å². The van der Waals surface area contributed by atoms with E-state index in [4.69, 9.17) is 4.74 Å². The highest BCUT2D eigenvalue weighted by atomic mass is 16.5. The third-order valence-corrected chi connectivity index (χ3v) is 2.73. The van der Waals surface area contributed by atoms with E-state index in [0.29, 0.717) is 6.04 Å². The molecule has 0 bridgehead atoms. The van der Waals surface area contributed by atoms with Crippen LogP contribution in [0, 0.1) is 0 Å². The molecule has 4 heteroatoms. The Kier molecular flexibility index (Phi) is 4.73. The fourth-order valence-electron chi connectivity index (χ4n) is 1.81. The average Bonchev–Trinajstić information content (AvgIpc) is 2.37. The summed E-state index contributed by atoms with van der Waals surface area (Å²) in [4.78, 5) is 4.00. The van der Waals surface area contributed by atoms with Gasteiger partial charge in [-0.05, 0) is 30.7 Å². The summed E-state index contributed by atoms with van der Waals surface area (Å²) in [5.41, 5.74) is 1.33. The third kappa shape index (κ3) is 3.89. The van der Waals surface area contributed by atoms with Crippen LogP contribution in [0.15, 0.2) is 24.5 Å². The van der Waals surface area contributed by atoms with Gasteiger partial charge in [0.15, 0.2) is 0 Å². The lowest BCUT2D eigenvalue weighted by Gasteiger charge is -2.24. The summed E-state index contributed by atoms with van der Waals surface area (Å²) in [5, 5.41) is 6.86. The van der Waals surface area contributed by atoms with Crippen molar-refractivity contribution in [3.8, 4) is 0 Å². The van der Waals surface area contributed by atoms with Crippen LogP contribution in [0.3, 0.4) is 0 Å². The molecule has 1 atom stereocenters. The Balaban J connectivity index is 1.58. The Morgan fingerprint density at radius 3 is 3.06 bits per heavy atom. The predicted octanol–water partition coefficient (Wildman–Crippen LogP) is 0.202. The first-order valence-corrected chi connectivity index (χ1v) is 5.86. The zero-order valence-electron chi connectivity index (χ0n) is 9.48. The van der Waals surface area contributed by atoms with Gasteiger partial charge in [-0.1, -0.05) is 0 Å². The number of morpholine rings is 1. The van der Waals surface area contributed by atoms with E-state index in [0.717, 1.165) is 39.3 Å². The normalized spacial score (nSPS) is 20.9. The van der Waals surface area contributed by atoms with E-state index < -0.39 is 0 Å². The van der Waals surface area contributed by atoms with Gasteiger partial charge < -0.3 is 15.4 Å². The van der Waals surface area contributed by atoms with Crippen LogP contribution in [0.4, 0.5) is 0 Å². The molecule has 1 aromatic rings. The predicted molar refractivity (Wildman–Crippen MR) is 63.4 cm³/mol. The van der Waals surface area contributed by atoms with Crippen molar-refractivity contribution in [2.75, 3.05) is 32.8 Å². The Labute approximate surface area is 96.4 Å². The van der Waals surface area contributed by atoms with E-state index in [1.54, 1.807) is 0 Å². The van der Waals surface area contributed by atoms with Gasteiger partial charge in [-0.3, -0.25) is 4.98 Å². The second-order valence-electron chi connectivity index (χ2n) is 4.04. The van der Waals surface area contributed by atoms with Crippen LogP contribution in [0.5, 0.6) is 0 Å². The van der Waals surface area contributed by atoms with Crippen molar-refractivity contribution in [1.29, 1.82) is 0 Å². The molecule has 0 amide bonds. The van der Waals surface area contributed by atoms with Gasteiger partial charge in [0.25, 0.3) is 0 Å². The lowest BCUT2D eigenvalue weighted by Crippen LogP contribution is -2.47. The Hall–Kier alpha value is -0.970. The largest absolute Gasteiger partial charge is 0.378 e. The first kappa shape index (κ1) is 11.5. The number of rotatable bonds is 5. The summed E-state index contributed by atoms with van der Waals surface area (Å²) in [5.74, 6) is 0. The second kappa shape index (κ2) is 6.58. The van der Waals surface area contributed by atoms with Crippen molar-refractivity contribution in [3.05, 3.63) is 30.1 Å². The molecule has 1 fully saturated rings. The molecule has 16 heavy (non-hydrogen) atoms. The van der Waals surface area contributed by atoms with E-state index in [9.17, 15) is 0 Å². The van der Waals surface area contributed by atoms with Crippen molar-refractivity contribution in [2.45, 2.75) is 12.5 Å². The fraction of sp³-hybridized carbons (Fsp3) is 0.583. The smallest absolute Gasteiger partial charge is 0.0632 e. The van der Waals surface area contributed by atoms with E-state index >= 15 is 0 Å². The minimum atomic E-state index is 0.464. The summed E-state index contributed by atoms with van der Waals surface area (Å²) in [7, 11) is 0. The fourth-order valence-corrected chi connectivity index (χ4v) is 1.81. The molecule has 1 aromatic heterocycles. The second-order valence-corrected chi connectivity index (χ2v) is 4.04. The molecule has 0 saturated carbocycles. The minimum absolute atomic E-state index is 0.464. The number of ether oxygens (including phenoxy) is 1. The van der Waals surface area contributed by atoms with E-state index in [-0.39, 0.29) is 0 Å². The molecule has 0 radical (unpaired) electrons. The van der Waals surface area contributed by atoms with Crippen molar-refractivity contribution in [2.24, 2.45) is 0 Å². The molecule has 0 spiro atoms. The molecule has 0 aliphatic carbocycles. The highest BCUT2D eigenvalue weighted by molar-refractivity contribution is 5.09. The van der Waals surface area contributed by atoms with Gasteiger partial charge in [0.1, 0.15) is 0 Å². The summed E-state index contributed by atoms with van der Waals surface area (Å²) in [6.45, 7) is 4.61. The van der Waals surface area contributed by atoms with Gasteiger partial charge in [-0.25, -0.2) is 0 Å². The van der Waals surface area contributed by atoms with E-state index in [2.05, 4.69) is 27.8 Å². The van der Waals surface area contributed by atoms with Crippen molar-refractivity contribution in [1.82, 2.24) is 15.6 Å². The summed E-state index contributed by atoms with van der Waals surface area (Å²) >= 11 is 0. The lowest BCUT2D eigenvalue weighted by molar-refractivity contribution is 0.0768. The highest BCUT2D eigenvalue weighted by Gasteiger charge is 2.11. The standard InChI is InChI=1S/C12H19N3O/c1-4-13-5-2-11(1)3-6-14-9-12-10-16-8-7-15-12/h1-2,4-5,12,14-15H,3,6-10H2. The lowest BCUT2D eigenvalue weighted by atomic mass is 10.2. The van der Waals surface area contributed by atoms with Gasteiger partial charge in [-0.15, -0.1) is 0 Å². The third-order valence-electron chi connectivity index (χ3n) is 2.73. The van der Waals surface area contributed by atoms with Gasteiger partial charge in [0.05, 0.1) is 13.2 Å². The maximum atomic E-state index is 5.39. The maximum Gasteiger partial charge on any atom is 0.0632 e. The SMILES string of the molecule is c1cc(CCNCC2COCCN2)ccn1. The minimum Gasteiger partial charge on any atom is -0.378 e. The molecular formula is C12H19N3O. The molecule has 0 aromatic carbocycles. The zero-order chi connectivity index (χ0) is 11.1. The molecular weight excluding hydrogens is 202 g/mol. The van der Waals surface area contributed by atoms with Crippen LogP contribution in [0.2, 0.25) is 0 Å². The zero-order valence-corrected chi connectivity index (χ0v) is 9.48. The Morgan fingerprint density at radius 1 is 1.44 bits per heavy atom. The first-order valence-electron chi connectivity index (χ1n) is 5.86. The van der Waals surface area contributed by atoms with Crippen LogP contribution < -0.4 is 10.6 Å². The van der Waals surface area contributed by atoms with Crippen LogP contribution in [0.25, 0.3) is 0 Å². The quantitative estimate of drug-likeness (QED) is 0.697. The van der Waals surface area contributed by atoms with Crippen molar-refractivity contribution in [3.63, 3.8) is 0 Å². The Bertz CT molecular complexity index is 286. The molecule has 1 unspecified atom stereocenters. The Morgan fingerprint density at radius 2 is 2.31 bits per heavy atom. The first-order chi connectivity index (χ1) is 7.95. The highest BCUT2D eigenvalue weighted by Crippen LogP contribution is 1.96. The van der Waals surface area contributed by atoms with E-state index in [1.165, 1.54) is 5.56 Å². The summed E-state index contributed by atoms with van der Waals surface area (Å²) in [6, 6.07) is 4.58. The molecule has 2 rings (SSSR count). The molecule has 1 saturated heterocycles. The number of hydrogen-bond acceptors (Lipinski definition) is 4. The van der Waals surface area contributed by atoms with Crippen LogP contribution in [0.1, 0.15) is 5.56 Å². The molecule has 2 heterocycles. The number of aromatic nitrogens is 1. The molecule has 1 aliphatic rings. The number of nitrogens with zero attached hydrogens (tertiary/aromatic N) is 1. The van der Waals surface area contributed by atoms with Crippen LogP contribution in [-0.4, -0.2) is 43.9 Å². The van der Waals surface area contributed by atoms with Gasteiger partial charge in [0.2, 0.25) is 0 Å². The summed E-state index contributed by atoms with van der Waals surface area (Å²) < 4.78 is 5.39. The van der Waals surface area contributed by atoms with Crippen LogP contribution in [-0.2, 0) is 11.2 Å². The number of hydrogen-bond donors (Lipinski definition) is 2. The molecule has 4 nitrogen and oxygen atoms in total. The van der Waals surface area contributed by atoms with Crippen molar-refractivity contribution < 1.29 is 4.74 Å². The monoisotopic (exact) mass is 221 g/mol. The molecule has 1 aliphatic heterocycles. The maximum absolute atomic E-state index is 5.39. The van der Waals surface area contributed by atoms with Gasteiger partial charge >= 0.3 is 0 Å². The van der Waals surface area contributed by atoms with E-state index in [1.807, 2.05) is 12.4 Å². The number of pyridine rings is 1. The number of nitrogens with one attached hydrogen (secondary N) is 2. The van der Waals surface area contributed by atoms with Gasteiger partial charge in [0, 0.05) is 31.5 Å². The van der Waals surface area contributed by atoms with Crippen LogP contribution >= 0.6 is 0 Å². The molecule has 2 N–H and O–H groups in total. The molecule has 88 valence electrons. The average molecular weight is 221 g/mol.